The van der Waals surface area contributed by atoms with E-state index in [2.05, 4.69) is 63.2 Å². The largest absolute Gasteiger partial charge is 0.493 e. The van der Waals surface area contributed by atoms with E-state index in [4.69, 9.17) is 4.74 Å². The molecule has 3 aromatic rings. The van der Waals surface area contributed by atoms with Crippen LogP contribution in [0.5, 0.6) is 5.75 Å². The van der Waals surface area contributed by atoms with Crippen molar-refractivity contribution in [3.63, 3.8) is 0 Å². The van der Waals surface area contributed by atoms with Crippen LogP contribution in [0.2, 0.25) is 0 Å². The summed E-state index contributed by atoms with van der Waals surface area (Å²) in [5.41, 5.74) is 5.13. The highest BCUT2D eigenvalue weighted by molar-refractivity contribution is 14.0. The van der Waals surface area contributed by atoms with Gasteiger partial charge in [-0.15, -0.1) is 24.0 Å². The fourth-order valence-corrected chi connectivity index (χ4v) is 3.57. The van der Waals surface area contributed by atoms with E-state index in [1.54, 1.807) is 13.2 Å². The Bertz CT molecular complexity index is 971. The number of ether oxygens (including phenoxy) is 1. The molecular formula is C23H28IN5O. The number of nitrogens with one attached hydrogen (secondary N) is 2. The summed E-state index contributed by atoms with van der Waals surface area (Å²) in [6, 6.07) is 16.9. The molecule has 0 radical (unpaired) electrons. The summed E-state index contributed by atoms with van der Waals surface area (Å²) in [5, 5.41) is 11.1. The number of halogens is 1. The van der Waals surface area contributed by atoms with Gasteiger partial charge in [-0.1, -0.05) is 36.4 Å². The summed E-state index contributed by atoms with van der Waals surface area (Å²) >= 11 is 0. The standard InChI is InChI=1S/C23H27N5O.HI/c1-24-23(25-12-9-18-7-8-22-19(15-18)10-14-29-22)26-16-20-5-2-3-6-21(20)17-28-13-4-11-27-28;/h2-8,11,13,15H,9-10,12,14,16-17H2,1H3,(H2,24,25,26);1H. The van der Waals surface area contributed by atoms with Crippen LogP contribution in [0.25, 0.3) is 0 Å². The highest BCUT2D eigenvalue weighted by Crippen LogP contribution is 2.25. The Kier molecular flexibility index (Phi) is 8.12. The van der Waals surface area contributed by atoms with Crippen molar-refractivity contribution in [2.24, 2.45) is 4.99 Å². The van der Waals surface area contributed by atoms with E-state index in [9.17, 15) is 0 Å². The molecule has 0 unspecified atom stereocenters. The topological polar surface area (TPSA) is 63.5 Å². The Morgan fingerprint density at radius 2 is 2.00 bits per heavy atom. The minimum atomic E-state index is 0. The molecule has 0 fully saturated rings. The van der Waals surface area contributed by atoms with E-state index >= 15 is 0 Å². The predicted molar refractivity (Wildman–Crippen MR) is 131 cm³/mol. The highest BCUT2D eigenvalue weighted by atomic mass is 127. The van der Waals surface area contributed by atoms with Gasteiger partial charge in [0, 0.05) is 39.0 Å². The van der Waals surface area contributed by atoms with E-state index in [1.807, 2.05) is 16.9 Å². The van der Waals surface area contributed by atoms with Crippen molar-refractivity contribution < 1.29 is 4.74 Å². The molecule has 2 N–H and O–H groups in total. The molecule has 1 aliphatic heterocycles. The van der Waals surface area contributed by atoms with Gasteiger partial charge in [-0.05, 0) is 40.8 Å². The van der Waals surface area contributed by atoms with E-state index in [1.165, 1.54) is 22.3 Å². The van der Waals surface area contributed by atoms with Crippen LogP contribution in [-0.2, 0) is 25.9 Å². The molecule has 2 heterocycles. The zero-order valence-electron chi connectivity index (χ0n) is 17.2. The predicted octanol–water partition coefficient (Wildman–Crippen LogP) is 3.39. The van der Waals surface area contributed by atoms with Crippen LogP contribution in [0.3, 0.4) is 0 Å². The Hall–Kier alpha value is -2.55. The van der Waals surface area contributed by atoms with Crippen LogP contribution in [0.1, 0.15) is 22.3 Å². The molecule has 4 rings (SSSR count). The number of aromatic nitrogens is 2. The van der Waals surface area contributed by atoms with Gasteiger partial charge >= 0.3 is 0 Å². The molecule has 1 aromatic heterocycles. The van der Waals surface area contributed by atoms with E-state index < -0.39 is 0 Å². The van der Waals surface area contributed by atoms with Gasteiger partial charge in [0.25, 0.3) is 0 Å². The number of benzene rings is 2. The molecule has 1 aliphatic rings. The van der Waals surface area contributed by atoms with Crippen molar-refractivity contribution in [1.29, 1.82) is 0 Å². The fourth-order valence-electron chi connectivity index (χ4n) is 3.57. The highest BCUT2D eigenvalue weighted by Gasteiger charge is 2.12. The van der Waals surface area contributed by atoms with Gasteiger partial charge in [0.2, 0.25) is 0 Å². The molecule has 158 valence electrons. The number of hydrogen-bond donors (Lipinski definition) is 2. The lowest BCUT2D eigenvalue weighted by Gasteiger charge is -2.14. The van der Waals surface area contributed by atoms with Gasteiger partial charge in [-0.3, -0.25) is 9.67 Å². The summed E-state index contributed by atoms with van der Waals surface area (Å²) in [7, 11) is 1.80. The molecule has 7 heteroatoms. The van der Waals surface area contributed by atoms with Crippen LogP contribution < -0.4 is 15.4 Å². The fraction of sp³-hybridized carbons (Fsp3) is 0.304. The Labute approximate surface area is 194 Å². The van der Waals surface area contributed by atoms with E-state index in [0.29, 0.717) is 6.54 Å². The lowest BCUT2D eigenvalue weighted by molar-refractivity contribution is 0.357. The second kappa shape index (κ2) is 11.0. The SMILES string of the molecule is CN=C(NCCc1ccc2c(c1)CCO2)NCc1ccccc1Cn1cccn1.I. The van der Waals surface area contributed by atoms with Crippen molar-refractivity contribution in [1.82, 2.24) is 20.4 Å². The average Bonchev–Trinajstić information content (AvgIpc) is 3.43. The summed E-state index contributed by atoms with van der Waals surface area (Å²) in [4.78, 5) is 4.35. The summed E-state index contributed by atoms with van der Waals surface area (Å²) < 4.78 is 7.52. The molecule has 30 heavy (non-hydrogen) atoms. The van der Waals surface area contributed by atoms with Crippen LogP contribution in [-0.4, -0.2) is 35.9 Å². The third-order valence-electron chi connectivity index (χ3n) is 5.14. The lowest BCUT2D eigenvalue weighted by Crippen LogP contribution is -2.38. The maximum Gasteiger partial charge on any atom is 0.191 e. The molecule has 0 bridgehead atoms. The molecule has 0 saturated carbocycles. The quantitative estimate of drug-likeness (QED) is 0.287. The minimum absolute atomic E-state index is 0. The maximum atomic E-state index is 5.58. The van der Waals surface area contributed by atoms with Gasteiger partial charge in [-0.25, -0.2) is 0 Å². The first-order chi connectivity index (χ1) is 14.3. The molecule has 0 aliphatic carbocycles. The second-order valence-electron chi connectivity index (χ2n) is 7.12. The number of guanidine groups is 1. The molecule has 0 saturated heterocycles. The molecule has 0 amide bonds. The molecule has 2 aromatic carbocycles. The van der Waals surface area contributed by atoms with Crippen molar-refractivity contribution in [3.05, 3.63) is 83.2 Å². The zero-order chi connectivity index (χ0) is 19.9. The summed E-state index contributed by atoms with van der Waals surface area (Å²) in [5.74, 6) is 1.84. The number of nitrogens with zero attached hydrogens (tertiary/aromatic N) is 3. The Morgan fingerprint density at radius 3 is 2.80 bits per heavy atom. The van der Waals surface area contributed by atoms with Crippen LogP contribution in [0.4, 0.5) is 0 Å². The van der Waals surface area contributed by atoms with Crippen molar-refractivity contribution in [2.75, 3.05) is 20.2 Å². The zero-order valence-corrected chi connectivity index (χ0v) is 19.5. The van der Waals surface area contributed by atoms with Crippen molar-refractivity contribution in [2.45, 2.75) is 25.9 Å². The van der Waals surface area contributed by atoms with E-state index in [0.717, 1.165) is 44.2 Å². The van der Waals surface area contributed by atoms with E-state index in [-0.39, 0.29) is 24.0 Å². The first-order valence-corrected chi connectivity index (χ1v) is 10.0. The third-order valence-corrected chi connectivity index (χ3v) is 5.14. The first kappa shape index (κ1) is 22.1. The minimum Gasteiger partial charge on any atom is -0.493 e. The summed E-state index contributed by atoms with van der Waals surface area (Å²) in [6.45, 7) is 3.11. The average molecular weight is 517 g/mol. The van der Waals surface area contributed by atoms with Gasteiger partial charge in [0.1, 0.15) is 5.75 Å². The molecule has 0 atom stereocenters. The second-order valence-corrected chi connectivity index (χ2v) is 7.12. The Balaban J connectivity index is 0.00000256. The first-order valence-electron chi connectivity index (χ1n) is 10.0. The van der Waals surface area contributed by atoms with Crippen molar-refractivity contribution in [3.8, 4) is 5.75 Å². The number of fused-ring (bicyclic) bond motifs is 1. The number of aliphatic imine (C=N–C) groups is 1. The van der Waals surface area contributed by atoms with Crippen molar-refractivity contribution >= 4 is 29.9 Å². The maximum absolute atomic E-state index is 5.58. The van der Waals surface area contributed by atoms with Gasteiger partial charge in [0.05, 0.1) is 13.2 Å². The van der Waals surface area contributed by atoms with Gasteiger partial charge in [0.15, 0.2) is 5.96 Å². The summed E-state index contributed by atoms with van der Waals surface area (Å²) in [6.07, 6.45) is 5.75. The molecule has 6 nitrogen and oxygen atoms in total. The molecular weight excluding hydrogens is 489 g/mol. The number of rotatable bonds is 7. The monoisotopic (exact) mass is 517 g/mol. The third kappa shape index (κ3) is 5.75. The Morgan fingerprint density at radius 1 is 1.13 bits per heavy atom. The lowest BCUT2D eigenvalue weighted by atomic mass is 10.1. The molecule has 0 spiro atoms. The van der Waals surface area contributed by atoms with Crippen LogP contribution in [0, 0.1) is 0 Å². The van der Waals surface area contributed by atoms with Gasteiger partial charge in [-0.2, -0.15) is 5.10 Å². The smallest absolute Gasteiger partial charge is 0.191 e. The van der Waals surface area contributed by atoms with Gasteiger partial charge < -0.3 is 15.4 Å². The van der Waals surface area contributed by atoms with Crippen LogP contribution >= 0.6 is 24.0 Å². The van der Waals surface area contributed by atoms with Crippen LogP contribution in [0.15, 0.2) is 65.9 Å². The normalized spacial score (nSPS) is 12.6. The number of hydrogen-bond acceptors (Lipinski definition) is 3.